The molecular formula is C19H33BrNO6PS. The largest absolute Gasteiger partial charge is 0.345 e. The van der Waals surface area contributed by atoms with Gasteiger partial charge in [-0.05, 0) is 66.2 Å². The van der Waals surface area contributed by atoms with Crippen LogP contribution in [0.15, 0.2) is 28.7 Å². The van der Waals surface area contributed by atoms with Crippen molar-refractivity contribution in [1.29, 1.82) is 0 Å². The molecule has 0 aliphatic carbocycles. The second-order valence-electron chi connectivity index (χ2n) is 7.53. The van der Waals surface area contributed by atoms with Gasteiger partial charge in [-0.1, -0.05) is 28.1 Å². The van der Waals surface area contributed by atoms with Crippen molar-refractivity contribution >= 4 is 33.3 Å². The first-order valence-corrected chi connectivity index (χ1v) is 13.5. The van der Waals surface area contributed by atoms with E-state index in [1.165, 1.54) is 0 Å². The molecule has 1 rings (SSSR count). The number of nitrogens with one attached hydrogen (secondary N) is 1. The summed E-state index contributed by atoms with van der Waals surface area (Å²) in [7, 11) is -7.84. The van der Waals surface area contributed by atoms with Gasteiger partial charge in [-0.15, -0.1) is 0 Å². The summed E-state index contributed by atoms with van der Waals surface area (Å²) in [4.78, 5) is 0. The molecule has 0 radical (unpaired) electrons. The first-order chi connectivity index (χ1) is 13.3. The molecule has 2 atom stereocenters. The van der Waals surface area contributed by atoms with Crippen LogP contribution < -0.4 is 4.72 Å². The van der Waals surface area contributed by atoms with Crippen molar-refractivity contribution in [2.75, 3.05) is 19.8 Å². The lowest BCUT2D eigenvalue weighted by atomic mass is 10.1. The zero-order valence-corrected chi connectivity index (χ0v) is 21.5. The predicted molar refractivity (Wildman–Crippen MR) is 120 cm³/mol. The van der Waals surface area contributed by atoms with E-state index in [2.05, 4.69) is 20.7 Å². The van der Waals surface area contributed by atoms with Gasteiger partial charge in [-0.2, -0.15) is 4.72 Å². The van der Waals surface area contributed by atoms with Crippen LogP contribution in [-0.4, -0.2) is 39.0 Å². The van der Waals surface area contributed by atoms with Gasteiger partial charge in [-0.25, -0.2) is 8.42 Å². The topological polar surface area (TPSA) is 90.9 Å². The molecule has 0 unspecified atom stereocenters. The summed E-state index contributed by atoms with van der Waals surface area (Å²) in [5.41, 5.74) is 0.481. The second kappa shape index (κ2) is 10.4. The number of halogens is 1. The van der Waals surface area contributed by atoms with Gasteiger partial charge < -0.3 is 14.0 Å². The Morgan fingerprint density at radius 2 is 1.48 bits per heavy atom. The van der Waals surface area contributed by atoms with Gasteiger partial charge in [0.2, 0.25) is 16.1 Å². The highest BCUT2D eigenvalue weighted by atomic mass is 79.9. The molecule has 0 fully saturated rings. The Balaban J connectivity index is 3.78. The summed E-state index contributed by atoms with van der Waals surface area (Å²) < 4.78 is 60.0. The monoisotopic (exact) mass is 513 g/mol. The molecule has 0 aliphatic heterocycles. The van der Waals surface area contributed by atoms with E-state index in [1.807, 2.05) is 0 Å². The van der Waals surface area contributed by atoms with E-state index in [4.69, 9.17) is 14.0 Å². The highest BCUT2D eigenvalue weighted by molar-refractivity contribution is 9.10. The van der Waals surface area contributed by atoms with E-state index in [0.29, 0.717) is 5.56 Å². The normalized spacial score (nSPS) is 17.1. The van der Waals surface area contributed by atoms with E-state index in [1.54, 1.807) is 72.7 Å². The quantitative estimate of drug-likeness (QED) is 0.330. The SMILES string of the molecule is CCOC(OCC)[P@@](=O)(OCC)[C@@](C)(NS(=O)(=O)C(C)(C)C)c1ccc(Br)cc1. The van der Waals surface area contributed by atoms with E-state index in [9.17, 15) is 13.0 Å². The minimum absolute atomic E-state index is 0.0945. The molecule has 7 nitrogen and oxygen atoms in total. The number of sulfonamides is 1. The van der Waals surface area contributed by atoms with Gasteiger partial charge in [0, 0.05) is 17.7 Å². The number of hydrogen-bond acceptors (Lipinski definition) is 6. The smallest absolute Gasteiger partial charge is 0.282 e. The third-order valence-corrected chi connectivity index (χ3v) is 10.5. The molecule has 0 bridgehead atoms. The molecule has 1 aromatic rings. The van der Waals surface area contributed by atoms with Crippen LogP contribution in [0.2, 0.25) is 0 Å². The van der Waals surface area contributed by atoms with Crippen LogP contribution in [0, 0.1) is 0 Å². The van der Waals surface area contributed by atoms with Gasteiger partial charge in [0.25, 0.3) is 7.37 Å². The summed E-state index contributed by atoms with van der Waals surface area (Å²) in [6.45, 7) is 12.0. The number of benzene rings is 1. The van der Waals surface area contributed by atoms with Crippen molar-refractivity contribution in [3.05, 3.63) is 34.3 Å². The van der Waals surface area contributed by atoms with Crippen molar-refractivity contribution in [3.8, 4) is 0 Å². The van der Waals surface area contributed by atoms with Crippen molar-refractivity contribution < 1.29 is 27.0 Å². The molecule has 0 amide bonds. The van der Waals surface area contributed by atoms with Crippen LogP contribution >= 0.6 is 23.3 Å². The molecule has 0 aromatic heterocycles. The third-order valence-electron chi connectivity index (χ3n) is 4.39. The van der Waals surface area contributed by atoms with E-state index in [0.717, 1.165) is 4.47 Å². The van der Waals surface area contributed by atoms with Crippen LogP contribution in [0.4, 0.5) is 0 Å². The third kappa shape index (κ3) is 5.91. The van der Waals surface area contributed by atoms with Gasteiger partial charge in [0.15, 0.2) is 0 Å². The highest BCUT2D eigenvalue weighted by Gasteiger charge is 2.56. The predicted octanol–water partition coefficient (Wildman–Crippen LogP) is 5.01. The summed E-state index contributed by atoms with van der Waals surface area (Å²) in [6.07, 6.45) is 0. The van der Waals surface area contributed by atoms with Gasteiger partial charge >= 0.3 is 0 Å². The van der Waals surface area contributed by atoms with Crippen molar-refractivity contribution in [3.63, 3.8) is 0 Å². The summed E-state index contributed by atoms with van der Waals surface area (Å²) >= 11 is 3.38. The Kier molecular flexibility index (Phi) is 9.55. The van der Waals surface area contributed by atoms with Crippen LogP contribution in [-0.2, 0) is 33.9 Å². The molecule has 1 aromatic carbocycles. The summed E-state index contributed by atoms with van der Waals surface area (Å²) in [6, 6.07) is 5.69. The molecule has 0 aliphatic rings. The lowest BCUT2D eigenvalue weighted by molar-refractivity contribution is -0.0912. The van der Waals surface area contributed by atoms with Gasteiger partial charge in [-0.3, -0.25) is 4.57 Å². The minimum Gasteiger partial charge on any atom is -0.345 e. The Labute approximate surface area is 183 Å². The standard InChI is InChI=1S/C19H33BrNO6PS/c1-8-25-17(26-9-2)28(22,27-10-3)19(7,15-11-13-16(20)14-12-15)21-29(23,24)18(4,5)6/h11-14,17,21H,8-10H2,1-7H3/t19-,28-/m1/s1. The first-order valence-electron chi connectivity index (χ1n) is 9.56. The van der Waals surface area contributed by atoms with Gasteiger partial charge in [0.05, 0.1) is 11.4 Å². The summed E-state index contributed by atoms with van der Waals surface area (Å²) in [5.74, 6) is 0. The number of rotatable bonds is 11. The van der Waals surface area contributed by atoms with Crippen LogP contribution in [0.1, 0.15) is 54.0 Å². The lowest BCUT2D eigenvalue weighted by Crippen LogP contribution is -2.51. The van der Waals surface area contributed by atoms with Crippen molar-refractivity contribution in [2.45, 2.75) is 64.5 Å². The Hall–Kier alpha value is -0.280. The van der Waals surface area contributed by atoms with Crippen molar-refractivity contribution in [2.24, 2.45) is 0 Å². The van der Waals surface area contributed by atoms with E-state index < -0.39 is 33.5 Å². The molecular weight excluding hydrogens is 481 g/mol. The molecule has 0 heterocycles. The molecule has 168 valence electrons. The Morgan fingerprint density at radius 1 is 1.00 bits per heavy atom. The number of ether oxygens (including phenoxy) is 2. The zero-order valence-electron chi connectivity index (χ0n) is 18.2. The Morgan fingerprint density at radius 3 is 1.86 bits per heavy atom. The molecule has 0 saturated carbocycles. The van der Waals surface area contributed by atoms with E-state index >= 15 is 0 Å². The molecule has 10 heteroatoms. The minimum atomic E-state index is -3.94. The average molecular weight is 514 g/mol. The van der Waals surface area contributed by atoms with Crippen LogP contribution in [0.3, 0.4) is 0 Å². The number of hydrogen-bond donors (Lipinski definition) is 1. The van der Waals surface area contributed by atoms with Crippen LogP contribution in [0.25, 0.3) is 0 Å². The maximum atomic E-state index is 14.4. The molecule has 0 spiro atoms. The first kappa shape index (κ1) is 26.8. The fourth-order valence-electron chi connectivity index (χ4n) is 2.61. The average Bonchev–Trinajstić information content (AvgIpc) is 2.60. The molecule has 1 N–H and O–H groups in total. The zero-order chi connectivity index (χ0) is 22.5. The molecule has 0 saturated heterocycles. The highest BCUT2D eigenvalue weighted by Crippen LogP contribution is 2.66. The summed E-state index contributed by atoms with van der Waals surface area (Å²) in [5, 5.41) is -1.62. The van der Waals surface area contributed by atoms with Gasteiger partial charge in [0.1, 0.15) is 5.28 Å². The maximum Gasteiger partial charge on any atom is 0.282 e. The lowest BCUT2D eigenvalue weighted by Gasteiger charge is -2.42. The van der Waals surface area contributed by atoms with E-state index in [-0.39, 0.29) is 19.8 Å². The van der Waals surface area contributed by atoms with Crippen LogP contribution in [0.5, 0.6) is 0 Å². The maximum absolute atomic E-state index is 14.4. The Bertz CT molecular complexity index is 803. The fourth-order valence-corrected chi connectivity index (χ4v) is 7.08. The van der Waals surface area contributed by atoms with Crippen molar-refractivity contribution in [1.82, 2.24) is 4.72 Å². The molecule has 29 heavy (non-hydrogen) atoms. The second-order valence-corrected chi connectivity index (χ2v) is 13.6. The fraction of sp³-hybridized carbons (Fsp3) is 0.684.